The fourth-order valence-corrected chi connectivity index (χ4v) is 4.46. The summed E-state index contributed by atoms with van der Waals surface area (Å²) in [6.45, 7) is 6.04. The highest BCUT2D eigenvalue weighted by Crippen LogP contribution is 2.30. The summed E-state index contributed by atoms with van der Waals surface area (Å²) in [5.74, 6) is 0.922. The molecule has 2 aromatic rings. The first-order chi connectivity index (χ1) is 11.4. The van der Waals surface area contributed by atoms with Crippen molar-refractivity contribution < 1.29 is 8.42 Å². The Hall–Kier alpha value is -1.95. The Morgan fingerprint density at radius 3 is 2.29 bits per heavy atom. The average Bonchev–Trinajstić information content (AvgIpc) is 2.94. The summed E-state index contributed by atoms with van der Waals surface area (Å²) in [6, 6.07) is 11.7. The number of hydrogen-bond donors (Lipinski definition) is 0. The van der Waals surface area contributed by atoms with Crippen LogP contribution in [0.25, 0.3) is 11.3 Å². The van der Waals surface area contributed by atoms with E-state index in [2.05, 4.69) is 28.9 Å². The van der Waals surface area contributed by atoms with E-state index in [0.717, 1.165) is 18.7 Å². The van der Waals surface area contributed by atoms with Crippen LogP contribution in [0.5, 0.6) is 0 Å². The van der Waals surface area contributed by atoms with E-state index in [9.17, 15) is 8.42 Å². The van der Waals surface area contributed by atoms with E-state index in [1.54, 1.807) is 25.1 Å². The SMILES string of the molecule is CCS(=O)(=O)c1ccccc1-c1ccc(N2[C@H](C)CC[C@@H]2C)nn1. The minimum atomic E-state index is -3.30. The van der Waals surface area contributed by atoms with Crippen LogP contribution in [-0.2, 0) is 9.84 Å². The number of hydrogen-bond acceptors (Lipinski definition) is 5. The van der Waals surface area contributed by atoms with E-state index < -0.39 is 9.84 Å². The highest BCUT2D eigenvalue weighted by atomic mass is 32.2. The van der Waals surface area contributed by atoms with Crippen LogP contribution in [0.15, 0.2) is 41.3 Å². The van der Waals surface area contributed by atoms with E-state index in [-0.39, 0.29) is 5.75 Å². The highest BCUT2D eigenvalue weighted by molar-refractivity contribution is 7.91. The molecule has 2 atom stereocenters. The second-order valence-electron chi connectivity index (χ2n) is 6.36. The Kier molecular flexibility index (Phi) is 4.58. The molecule has 0 bridgehead atoms. The molecule has 1 aliphatic rings. The lowest BCUT2D eigenvalue weighted by Gasteiger charge is -2.26. The van der Waals surface area contributed by atoms with Gasteiger partial charge in [-0.1, -0.05) is 25.1 Å². The van der Waals surface area contributed by atoms with E-state index >= 15 is 0 Å². The first-order valence-corrected chi connectivity index (χ1v) is 10.0. The van der Waals surface area contributed by atoms with Crippen LogP contribution < -0.4 is 4.90 Å². The van der Waals surface area contributed by atoms with Crippen molar-refractivity contribution in [1.82, 2.24) is 10.2 Å². The molecule has 1 aromatic heterocycles. The summed E-state index contributed by atoms with van der Waals surface area (Å²) in [4.78, 5) is 2.60. The molecule has 0 N–H and O–H groups in total. The molecule has 1 saturated heterocycles. The van der Waals surface area contributed by atoms with Crippen molar-refractivity contribution in [3.63, 3.8) is 0 Å². The normalized spacial score (nSPS) is 21.2. The number of rotatable bonds is 4. The zero-order valence-corrected chi connectivity index (χ0v) is 15.1. The predicted octanol–water partition coefficient (Wildman–Crippen LogP) is 3.31. The molecule has 1 fully saturated rings. The number of anilines is 1. The molecule has 0 unspecified atom stereocenters. The molecule has 6 heteroatoms. The second kappa shape index (κ2) is 6.51. The zero-order valence-electron chi connectivity index (χ0n) is 14.3. The molecular weight excluding hydrogens is 322 g/mol. The quantitative estimate of drug-likeness (QED) is 0.850. The molecule has 2 heterocycles. The van der Waals surface area contributed by atoms with E-state index in [1.807, 2.05) is 18.2 Å². The van der Waals surface area contributed by atoms with Gasteiger partial charge >= 0.3 is 0 Å². The van der Waals surface area contributed by atoms with Crippen LogP contribution in [0, 0.1) is 0 Å². The highest BCUT2D eigenvalue weighted by Gasteiger charge is 2.28. The first kappa shape index (κ1) is 16.9. The lowest BCUT2D eigenvalue weighted by atomic mass is 10.1. The average molecular weight is 345 g/mol. The predicted molar refractivity (Wildman–Crippen MR) is 95.8 cm³/mol. The molecule has 0 aliphatic carbocycles. The van der Waals surface area contributed by atoms with Gasteiger partial charge in [0.15, 0.2) is 15.7 Å². The van der Waals surface area contributed by atoms with Crippen molar-refractivity contribution in [2.75, 3.05) is 10.7 Å². The van der Waals surface area contributed by atoms with E-state index in [4.69, 9.17) is 0 Å². The molecule has 5 nitrogen and oxygen atoms in total. The molecular formula is C18H23N3O2S. The fourth-order valence-electron chi connectivity index (χ4n) is 3.36. The van der Waals surface area contributed by atoms with Gasteiger partial charge in [0.1, 0.15) is 0 Å². The summed E-state index contributed by atoms with van der Waals surface area (Å²) >= 11 is 0. The van der Waals surface area contributed by atoms with Gasteiger partial charge in [-0.3, -0.25) is 0 Å². The molecule has 0 amide bonds. The first-order valence-electron chi connectivity index (χ1n) is 8.38. The summed E-state index contributed by atoms with van der Waals surface area (Å²) in [5, 5.41) is 8.68. The summed E-state index contributed by atoms with van der Waals surface area (Å²) in [7, 11) is -3.30. The smallest absolute Gasteiger partial charge is 0.178 e. The third-order valence-electron chi connectivity index (χ3n) is 4.75. The molecule has 0 saturated carbocycles. The van der Waals surface area contributed by atoms with Crippen LogP contribution in [0.1, 0.15) is 33.6 Å². The van der Waals surface area contributed by atoms with Gasteiger partial charge in [0, 0.05) is 17.6 Å². The van der Waals surface area contributed by atoms with Crippen LogP contribution in [0.4, 0.5) is 5.82 Å². The summed E-state index contributed by atoms with van der Waals surface area (Å²) in [5.41, 5.74) is 1.20. The van der Waals surface area contributed by atoms with Crippen molar-refractivity contribution in [2.24, 2.45) is 0 Å². The molecule has 0 radical (unpaired) electrons. The van der Waals surface area contributed by atoms with Gasteiger partial charge < -0.3 is 4.90 Å². The lowest BCUT2D eigenvalue weighted by molar-refractivity contribution is 0.597. The van der Waals surface area contributed by atoms with Crippen LogP contribution in [-0.4, -0.2) is 36.5 Å². The minimum Gasteiger partial charge on any atom is -0.350 e. The Morgan fingerprint density at radius 2 is 1.71 bits per heavy atom. The van der Waals surface area contributed by atoms with Crippen molar-refractivity contribution in [1.29, 1.82) is 0 Å². The maximum absolute atomic E-state index is 12.3. The van der Waals surface area contributed by atoms with Crippen molar-refractivity contribution >= 4 is 15.7 Å². The Morgan fingerprint density at radius 1 is 1.04 bits per heavy atom. The monoisotopic (exact) mass is 345 g/mol. The Bertz CT molecular complexity index is 808. The van der Waals surface area contributed by atoms with E-state index in [0.29, 0.717) is 28.2 Å². The van der Waals surface area contributed by atoms with Gasteiger partial charge in [0.2, 0.25) is 0 Å². The molecule has 1 aromatic carbocycles. The standard InChI is InChI=1S/C18H23N3O2S/c1-4-24(22,23)17-8-6-5-7-15(17)16-11-12-18(20-19-16)21-13(2)9-10-14(21)3/h5-8,11-14H,4,9-10H2,1-3H3/t13-,14+. The maximum atomic E-state index is 12.3. The van der Waals surface area contributed by atoms with Gasteiger partial charge in [0.05, 0.1) is 16.3 Å². The van der Waals surface area contributed by atoms with Crippen LogP contribution in [0.3, 0.4) is 0 Å². The summed E-state index contributed by atoms with van der Waals surface area (Å²) < 4.78 is 24.6. The van der Waals surface area contributed by atoms with Crippen LogP contribution >= 0.6 is 0 Å². The molecule has 24 heavy (non-hydrogen) atoms. The molecule has 1 aliphatic heterocycles. The van der Waals surface area contributed by atoms with Gasteiger partial charge in [-0.05, 0) is 44.9 Å². The Labute approximate surface area is 143 Å². The van der Waals surface area contributed by atoms with Crippen molar-refractivity contribution in [3.8, 4) is 11.3 Å². The second-order valence-corrected chi connectivity index (χ2v) is 8.61. The third-order valence-corrected chi connectivity index (χ3v) is 6.53. The van der Waals surface area contributed by atoms with Crippen molar-refractivity contribution in [3.05, 3.63) is 36.4 Å². The largest absolute Gasteiger partial charge is 0.350 e. The fraction of sp³-hybridized carbons (Fsp3) is 0.444. The van der Waals surface area contributed by atoms with Gasteiger partial charge in [-0.25, -0.2) is 8.42 Å². The molecule has 3 rings (SSSR count). The third kappa shape index (κ3) is 3.02. The lowest BCUT2D eigenvalue weighted by Crippen LogP contribution is -2.33. The topological polar surface area (TPSA) is 63.2 Å². The van der Waals surface area contributed by atoms with Crippen molar-refractivity contribution in [2.45, 2.75) is 50.6 Å². The zero-order chi connectivity index (χ0) is 17.3. The van der Waals surface area contributed by atoms with Gasteiger partial charge in [0.25, 0.3) is 0 Å². The number of benzene rings is 1. The van der Waals surface area contributed by atoms with E-state index in [1.165, 1.54) is 0 Å². The number of aromatic nitrogens is 2. The molecule has 0 spiro atoms. The number of nitrogens with zero attached hydrogens (tertiary/aromatic N) is 3. The van der Waals surface area contributed by atoms with Gasteiger partial charge in [-0.15, -0.1) is 10.2 Å². The minimum absolute atomic E-state index is 0.0678. The Balaban J connectivity index is 1.98. The van der Waals surface area contributed by atoms with Gasteiger partial charge in [-0.2, -0.15) is 0 Å². The number of sulfone groups is 1. The molecule has 128 valence electrons. The summed E-state index contributed by atoms with van der Waals surface area (Å²) in [6.07, 6.45) is 2.31. The maximum Gasteiger partial charge on any atom is 0.178 e. The van der Waals surface area contributed by atoms with Crippen LogP contribution in [0.2, 0.25) is 0 Å².